The maximum absolute atomic E-state index is 12.5. The van der Waals surface area contributed by atoms with Crippen LogP contribution in [-0.4, -0.2) is 59.7 Å². The Kier molecular flexibility index (Phi) is 6.71. The smallest absolute Gasteiger partial charge is 0.244 e. The van der Waals surface area contributed by atoms with Crippen molar-refractivity contribution in [2.45, 2.75) is 11.3 Å². The summed E-state index contributed by atoms with van der Waals surface area (Å²) in [5.41, 5.74) is 1.27. The second-order valence-corrected chi connectivity index (χ2v) is 8.30. The number of nitrogens with one attached hydrogen (secondary N) is 1. The van der Waals surface area contributed by atoms with E-state index >= 15 is 0 Å². The first-order chi connectivity index (χ1) is 13.1. The molecule has 146 valence electrons. The van der Waals surface area contributed by atoms with Gasteiger partial charge in [-0.2, -0.15) is 0 Å². The minimum Gasteiger partial charge on any atom is -0.495 e. The monoisotopic (exact) mass is 389 g/mol. The molecule has 3 rings (SSSR count). The number of hydrogen-bond donors (Lipinski definition) is 1. The molecule has 0 amide bonds. The molecule has 1 saturated heterocycles. The molecule has 0 aromatic heterocycles. The maximum Gasteiger partial charge on any atom is 0.244 e. The summed E-state index contributed by atoms with van der Waals surface area (Å²) >= 11 is 0. The summed E-state index contributed by atoms with van der Waals surface area (Å²) < 4.78 is 32.7. The van der Waals surface area contributed by atoms with E-state index in [4.69, 9.17) is 4.74 Å². The molecule has 0 spiro atoms. The van der Waals surface area contributed by atoms with E-state index in [-0.39, 0.29) is 4.90 Å². The first-order valence-electron chi connectivity index (χ1n) is 9.25. The molecule has 1 aliphatic heterocycles. The molecule has 0 saturated carbocycles. The zero-order chi connectivity index (χ0) is 19.1. The second-order valence-electron chi connectivity index (χ2n) is 6.57. The molecule has 27 heavy (non-hydrogen) atoms. The largest absolute Gasteiger partial charge is 0.495 e. The fraction of sp³-hybridized carbons (Fsp3) is 0.400. The van der Waals surface area contributed by atoms with Crippen molar-refractivity contribution in [2.75, 3.05) is 51.3 Å². The number of piperazine rings is 1. The van der Waals surface area contributed by atoms with Gasteiger partial charge in [-0.15, -0.1) is 0 Å². The third-order valence-electron chi connectivity index (χ3n) is 4.80. The Morgan fingerprint density at radius 2 is 1.63 bits per heavy atom. The molecule has 0 aliphatic carbocycles. The number of benzene rings is 2. The van der Waals surface area contributed by atoms with Crippen LogP contribution in [0.3, 0.4) is 0 Å². The Bertz CT molecular complexity index is 819. The van der Waals surface area contributed by atoms with Crippen LogP contribution in [0.5, 0.6) is 5.75 Å². The molecule has 0 bridgehead atoms. The van der Waals surface area contributed by atoms with E-state index in [2.05, 4.69) is 38.8 Å². The van der Waals surface area contributed by atoms with E-state index in [0.717, 1.165) is 39.1 Å². The van der Waals surface area contributed by atoms with Crippen LogP contribution in [-0.2, 0) is 10.0 Å². The molecule has 0 atom stereocenters. The van der Waals surface area contributed by atoms with Crippen molar-refractivity contribution in [2.24, 2.45) is 0 Å². The third-order valence-corrected chi connectivity index (χ3v) is 6.30. The van der Waals surface area contributed by atoms with E-state index in [1.54, 1.807) is 24.3 Å². The topological polar surface area (TPSA) is 61.9 Å². The van der Waals surface area contributed by atoms with Crippen molar-refractivity contribution < 1.29 is 13.2 Å². The molecule has 0 unspecified atom stereocenters. The number of para-hydroxylation sites is 2. The van der Waals surface area contributed by atoms with E-state index in [1.807, 2.05) is 6.07 Å². The van der Waals surface area contributed by atoms with Gasteiger partial charge in [0.15, 0.2) is 0 Å². The van der Waals surface area contributed by atoms with Crippen LogP contribution in [0.4, 0.5) is 5.69 Å². The van der Waals surface area contributed by atoms with Gasteiger partial charge in [-0.1, -0.05) is 30.3 Å². The molecular formula is C20H27N3O3S. The Labute approximate surface area is 161 Å². The number of sulfonamides is 1. The van der Waals surface area contributed by atoms with Gasteiger partial charge in [0.25, 0.3) is 0 Å². The summed E-state index contributed by atoms with van der Waals surface area (Å²) in [6.45, 7) is 5.28. The highest BCUT2D eigenvalue weighted by Crippen LogP contribution is 2.22. The molecule has 2 aromatic rings. The van der Waals surface area contributed by atoms with Crippen LogP contribution in [0.25, 0.3) is 0 Å². The Balaban J connectivity index is 1.42. The molecule has 1 fully saturated rings. The van der Waals surface area contributed by atoms with Gasteiger partial charge in [-0.3, -0.25) is 4.90 Å². The highest BCUT2D eigenvalue weighted by molar-refractivity contribution is 7.89. The summed E-state index contributed by atoms with van der Waals surface area (Å²) in [6.07, 6.45) is 0.777. The summed E-state index contributed by atoms with van der Waals surface area (Å²) in [7, 11) is -2.08. The predicted molar refractivity (Wildman–Crippen MR) is 108 cm³/mol. The fourth-order valence-electron chi connectivity index (χ4n) is 3.30. The highest BCUT2D eigenvalue weighted by Gasteiger charge is 2.19. The van der Waals surface area contributed by atoms with Gasteiger partial charge in [0.1, 0.15) is 10.6 Å². The number of methoxy groups -OCH3 is 1. The standard InChI is InChI=1S/C20H27N3O3S/c1-26-19-10-5-6-11-20(19)27(24,25)21-12-7-13-22-14-16-23(17-15-22)18-8-3-2-4-9-18/h2-6,8-11,21H,7,12-17H2,1H3. The zero-order valence-electron chi connectivity index (χ0n) is 15.7. The average Bonchev–Trinajstić information content (AvgIpc) is 2.72. The molecular weight excluding hydrogens is 362 g/mol. The van der Waals surface area contributed by atoms with Crippen molar-refractivity contribution in [3.05, 3.63) is 54.6 Å². The molecule has 7 heteroatoms. The number of ether oxygens (including phenoxy) is 1. The van der Waals surface area contributed by atoms with E-state index in [0.29, 0.717) is 12.3 Å². The molecule has 0 radical (unpaired) electrons. The summed E-state index contributed by atoms with van der Waals surface area (Å²) in [5, 5.41) is 0. The average molecular weight is 390 g/mol. The molecule has 1 N–H and O–H groups in total. The summed E-state index contributed by atoms with van der Waals surface area (Å²) in [6, 6.07) is 17.1. The number of anilines is 1. The van der Waals surface area contributed by atoms with Crippen molar-refractivity contribution in [1.29, 1.82) is 0 Å². The van der Waals surface area contributed by atoms with Gasteiger partial charge in [0.2, 0.25) is 10.0 Å². The van der Waals surface area contributed by atoms with Crippen LogP contribution in [0, 0.1) is 0 Å². The van der Waals surface area contributed by atoms with Gasteiger partial charge in [0, 0.05) is 38.4 Å². The molecule has 1 heterocycles. The van der Waals surface area contributed by atoms with Crippen LogP contribution in [0.2, 0.25) is 0 Å². The maximum atomic E-state index is 12.5. The Hall–Kier alpha value is -2.09. The lowest BCUT2D eigenvalue weighted by molar-refractivity contribution is 0.255. The van der Waals surface area contributed by atoms with Gasteiger partial charge in [-0.25, -0.2) is 13.1 Å². The zero-order valence-corrected chi connectivity index (χ0v) is 16.5. The summed E-state index contributed by atoms with van der Waals surface area (Å²) in [5.74, 6) is 0.363. The second kappa shape index (κ2) is 9.21. The Morgan fingerprint density at radius 3 is 2.33 bits per heavy atom. The van der Waals surface area contributed by atoms with Crippen LogP contribution in [0.15, 0.2) is 59.5 Å². The number of hydrogen-bond acceptors (Lipinski definition) is 5. The number of rotatable bonds is 8. The SMILES string of the molecule is COc1ccccc1S(=O)(=O)NCCCN1CCN(c2ccccc2)CC1. The van der Waals surface area contributed by atoms with Crippen LogP contribution in [0.1, 0.15) is 6.42 Å². The van der Waals surface area contributed by atoms with Crippen molar-refractivity contribution in [1.82, 2.24) is 9.62 Å². The lowest BCUT2D eigenvalue weighted by Crippen LogP contribution is -2.47. The quantitative estimate of drug-likeness (QED) is 0.702. The van der Waals surface area contributed by atoms with E-state index in [9.17, 15) is 8.42 Å². The van der Waals surface area contributed by atoms with Crippen molar-refractivity contribution in [3.63, 3.8) is 0 Å². The predicted octanol–water partition coefficient (Wildman–Crippen LogP) is 2.19. The minimum absolute atomic E-state index is 0.184. The van der Waals surface area contributed by atoms with Gasteiger partial charge < -0.3 is 9.64 Å². The molecule has 6 nitrogen and oxygen atoms in total. The lowest BCUT2D eigenvalue weighted by atomic mass is 10.2. The lowest BCUT2D eigenvalue weighted by Gasteiger charge is -2.36. The van der Waals surface area contributed by atoms with Crippen molar-refractivity contribution in [3.8, 4) is 5.75 Å². The molecule has 1 aliphatic rings. The van der Waals surface area contributed by atoms with E-state index < -0.39 is 10.0 Å². The van der Waals surface area contributed by atoms with Crippen LogP contribution >= 0.6 is 0 Å². The first-order valence-corrected chi connectivity index (χ1v) is 10.7. The minimum atomic E-state index is -3.55. The van der Waals surface area contributed by atoms with Gasteiger partial charge in [0.05, 0.1) is 7.11 Å². The third kappa shape index (κ3) is 5.22. The normalized spacial score (nSPS) is 15.7. The summed E-state index contributed by atoms with van der Waals surface area (Å²) in [4.78, 5) is 4.96. The van der Waals surface area contributed by atoms with Crippen LogP contribution < -0.4 is 14.4 Å². The first kappa shape index (κ1) is 19.7. The Morgan fingerprint density at radius 1 is 0.963 bits per heavy atom. The van der Waals surface area contributed by atoms with Crippen molar-refractivity contribution >= 4 is 15.7 Å². The van der Waals surface area contributed by atoms with Gasteiger partial charge in [-0.05, 0) is 37.2 Å². The fourth-order valence-corrected chi connectivity index (χ4v) is 4.54. The molecule has 2 aromatic carbocycles. The van der Waals surface area contributed by atoms with Gasteiger partial charge >= 0.3 is 0 Å². The number of nitrogens with zero attached hydrogens (tertiary/aromatic N) is 2. The van der Waals surface area contributed by atoms with E-state index in [1.165, 1.54) is 12.8 Å². The highest BCUT2D eigenvalue weighted by atomic mass is 32.2.